The predicted octanol–water partition coefficient (Wildman–Crippen LogP) is 3.55. The largest absolute Gasteiger partial charge is 0.490 e. The van der Waals surface area contributed by atoms with Crippen LogP contribution in [0.5, 0.6) is 11.5 Å². The lowest BCUT2D eigenvalue weighted by Gasteiger charge is -2.13. The fraction of sp³-hybridized carbons (Fsp3) is 0.273. The summed E-state index contributed by atoms with van der Waals surface area (Å²) in [5, 5.41) is 14.3. The zero-order valence-electron chi connectivity index (χ0n) is 17.4. The second-order valence-corrected chi connectivity index (χ2v) is 6.58. The molecule has 0 atom stereocenters. The first kappa shape index (κ1) is 21.8. The van der Waals surface area contributed by atoms with E-state index in [0.717, 1.165) is 5.56 Å². The van der Waals surface area contributed by atoms with Crippen molar-refractivity contribution in [3.05, 3.63) is 76.4 Å². The third kappa shape index (κ3) is 5.39. The zero-order chi connectivity index (χ0) is 22.2. The maximum Gasteiger partial charge on any atom is 0.294 e. The van der Waals surface area contributed by atoms with Crippen LogP contribution in [0.3, 0.4) is 0 Å². The Balaban J connectivity index is 1.66. The molecule has 0 bridgehead atoms. The van der Waals surface area contributed by atoms with E-state index in [9.17, 15) is 14.9 Å². The number of rotatable bonds is 10. The van der Waals surface area contributed by atoms with E-state index in [0.29, 0.717) is 43.4 Å². The van der Waals surface area contributed by atoms with Crippen LogP contribution in [-0.4, -0.2) is 40.1 Å². The number of carbonyl (C=O) groups excluding carboxylic acids is 1. The molecular formula is C22H24N4O5. The van der Waals surface area contributed by atoms with Crippen LogP contribution >= 0.6 is 0 Å². The van der Waals surface area contributed by atoms with Gasteiger partial charge in [0.1, 0.15) is 5.69 Å². The van der Waals surface area contributed by atoms with E-state index in [1.165, 1.54) is 29.2 Å². The Hall–Kier alpha value is -3.88. The Labute approximate surface area is 179 Å². The lowest BCUT2D eigenvalue weighted by Crippen LogP contribution is -2.25. The van der Waals surface area contributed by atoms with Gasteiger partial charge in [-0.1, -0.05) is 6.07 Å². The highest BCUT2D eigenvalue weighted by Gasteiger charge is 2.18. The average molecular weight is 424 g/mol. The van der Waals surface area contributed by atoms with Gasteiger partial charge in [0.25, 0.3) is 11.6 Å². The van der Waals surface area contributed by atoms with E-state index in [4.69, 9.17) is 9.47 Å². The van der Waals surface area contributed by atoms with Crippen LogP contribution in [0.1, 0.15) is 29.8 Å². The van der Waals surface area contributed by atoms with E-state index >= 15 is 0 Å². The number of nitro benzene ring substituents is 1. The molecule has 1 N–H and O–H groups in total. The fourth-order valence-corrected chi connectivity index (χ4v) is 3.10. The summed E-state index contributed by atoms with van der Waals surface area (Å²) in [6.45, 7) is 5.25. The number of aromatic nitrogens is 2. The third-order valence-electron chi connectivity index (χ3n) is 4.52. The van der Waals surface area contributed by atoms with Crippen molar-refractivity contribution >= 4 is 11.6 Å². The van der Waals surface area contributed by atoms with Crippen molar-refractivity contribution in [1.29, 1.82) is 0 Å². The summed E-state index contributed by atoms with van der Waals surface area (Å²) in [5.41, 5.74) is 1.38. The molecule has 3 aromatic rings. The van der Waals surface area contributed by atoms with Crippen LogP contribution in [0.15, 0.2) is 55.1 Å². The molecule has 0 unspecified atom stereocenters. The summed E-state index contributed by atoms with van der Waals surface area (Å²) in [4.78, 5) is 27.4. The number of nitro groups is 1. The van der Waals surface area contributed by atoms with Crippen LogP contribution in [0.4, 0.5) is 5.69 Å². The number of nitrogens with zero attached hydrogens (tertiary/aromatic N) is 3. The highest BCUT2D eigenvalue weighted by atomic mass is 16.6. The lowest BCUT2D eigenvalue weighted by atomic mass is 10.1. The van der Waals surface area contributed by atoms with Crippen LogP contribution < -0.4 is 14.8 Å². The number of benzene rings is 2. The van der Waals surface area contributed by atoms with Gasteiger partial charge in [-0.25, -0.2) is 4.98 Å². The zero-order valence-corrected chi connectivity index (χ0v) is 17.4. The quantitative estimate of drug-likeness (QED) is 0.394. The molecule has 0 spiro atoms. The molecule has 0 fully saturated rings. The molecule has 0 aliphatic carbocycles. The summed E-state index contributed by atoms with van der Waals surface area (Å²) in [7, 11) is 0. The van der Waals surface area contributed by atoms with Crippen LogP contribution in [0.2, 0.25) is 0 Å². The summed E-state index contributed by atoms with van der Waals surface area (Å²) in [6.07, 6.45) is 5.18. The van der Waals surface area contributed by atoms with Crippen LogP contribution in [0, 0.1) is 10.1 Å². The van der Waals surface area contributed by atoms with Gasteiger partial charge in [-0.3, -0.25) is 14.9 Å². The smallest absolute Gasteiger partial charge is 0.294 e. The second kappa shape index (κ2) is 10.2. The average Bonchev–Trinajstić information content (AvgIpc) is 3.30. The van der Waals surface area contributed by atoms with Gasteiger partial charge in [-0.05, 0) is 50.1 Å². The van der Waals surface area contributed by atoms with Crippen LogP contribution in [0.25, 0.3) is 5.69 Å². The van der Waals surface area contributed by atoms with Gasteiger partial charge in [-0.2, -0.15) is 0 Å². The van der Waals surface area contributed by atoms with Crippen molar-refractivity contribution in [2.45, 2.75) is 20.3 Å². The first-order valence-corrected chi connectivity index (χ1v) is 9.97. The summed E-state index contributed by atoms with van der Waals surface area (Å²) < 4.78 is 12.7. The van der Waals surface area contributed by atoms with E-state index in [1.54, 1.807) is 12.3 Å². The number of carbonyl (C=O) groups is 1. The Kier molecular flexibility index (Phi) is 7.21. The second-order valence-electron chi connectivity index (χ2n) is 6.58. The molecule has 31 heavy (non-hydrogen) atoms. The number of imidazole rings is 1. The molecular weight excluding hydrogens is 400 g/mol. The molecule has 1 heterocycles. The number of ether oxygens (including phenoxy) is 2. The minimum Gasteiger partial charge on any atom is -0.490 e. The molecule has 2 aromatic carbocycles. The van der Waals surface area contributed by atoms with Crippen molar-refractivity contribution in [2.24, 2.45) is 0 Å². The summed E-state index contributed by atoms with van der Waals surface area (Å²) in [5.74, 6) is 0.970. The molecule has 9 heteroatoms. The van der Waals surface area contributed by atoms with Crippen molar-refractivity contribution in [3.8, 4) is 17.2 Å². The molecule has 9 nitrogen and oxygen atoms in total. The molecule has 1 amide bonds. The van der Waals surface area contributed by atoms with Gasteiger partial charge in [0.05, 0.1) is 24.5 Å². The van der Waals surface area contributed by atoms with Gasteiger partial charge in [-0.15, -0.1) is 0 Å². The van der Waals surface area contributed by atoms with Crippen molar-refractivity contribution in [3.63, 3.8) is 0 Å². The van der Waals surface area contributed by atoms with Crippen molar-refractivity contribution in [1.82, 2.24) is 14.9 Å². The van der Waals surface area contributed by atoms with Gasteiger partial charge in [0.2, 0.25) is 0 Å². The molecule has 1 aromatic heterocycles. The topological polar surface area (TPSA) is 109 Å². The van der Waals surface area contributed by atoms with Gasteiger partial charge in [0, 0.05) is 30.6 Å². The molecule has 0 aliphatic heterocycles. The minimum atomic E-state index is -0.513. The molecule has 0 aliphatic rings. The maximum atomic E-state index is 12.5. The molecule has 3 rings (SSSR count). The normalized spacial score (nSPS) is 10.5. The number of hydrogen-bond donors (Lipinski definition) is 1. The summed E-state index contributed by atoms with van der Waals surface area (Å²) >= 11 is 0. The molecule has 162 valence electrons. The monoisotopic (exact) mass is 424 g/mol. The summed E-state index contributed by atoms with van der Waals surface area (Å²) in [6, 6.07) is 10.0. The first-order valence-electron chi connectivity index (χ1n) is 9.97. The Morgan fingerprint density at radius 2 is 1.90 bits per heavy atom. The highest BCUT2D eigenvalue weighted by Crippen LogP contribution is 2.28. The number of nitrogens with one attached hydrogen (secondary N) is 1. The Morgan fingerprint density at radius 1 is 1.13 bits per heavy atom. The van der Waals surface area contributed by atoms with Crippen LogP contribution in [-0.2, 0) is 6.42 Å². The fourth-order valence-electron chi connectivity index (χ4n) is 3.10. The number of amides is 1. The standard InChI is InChI=1S/C22H24N4O5/c1-3-30-20-8-5-16(13-21(20)31-4-2)9-10-24-22(27)17-6-7-18(19(14-17)26(28)29)25-12-11-23-15-25/h5-8,11-15H,3-4,9-10H2,1-2H3,(H,24,27). The maximum absolute atomic E-state index is 12.5. The van der Waals surface area contributed by atoms with E-state index in [1.807, 2.05) is 32.0 Å². The van der Waals surface area contributed by atoms with Gasteiger partial charge in [0.15, 0.2) is 11.5 Å². The molecule has 0 saturated heterocycles. The Morgan fingerprint density at radius 3 is 2.58 bits per heavy atom. The van der Waals surface area contributed by atoms with Gasteiger partial charge < -0.3 is 19.4 Å². The van der Waals surface area contributed by atoms with Crippen molar-refractivity contribution in [2.75, 3.05) is 19.8 Å². The first-order chi connectivity index (χ1) is 15.0. The van der Waals surface area contributed by atoms with Gasteiger partial charge >= 0.3 is 0 Å². The number of hydrogen-bond acceptors (Lipinski definition) is 6. The van der Waals surface area contributed by atoms with E-state index < -0.39 is 4.92 Å². The lowest BCUT2D eigenvalue weighted by molar-refractivity contribution is -0.384. The molecule has 0 radical (unpaired) electrons. The van der Waals surface area contributed by atoms with E-state index in [-0.39, 0.29) is 17.2 Å². The third-order valence-corrected chi connectivity index (χ3v) is 4.52. The minimum absolute atomic E-state index is 0.168. The highest BCUT2D eigenvalue weighted by molar-refractivity contribution is 5.95. The molecule has 0 saturated carbocycles. The Bertz CT molecular complexity index is 1050. The van der Waals surface area contributed by atoms with E-state index in [2.05, 4.69) is 10.3 Å². The SMILES string of the molecule is CCOc1ccc(CCNC(=O)c2ccc(-n3ccnc3)c([N+](=O)[O-])c2)cc1OCC. The predicted molar refractivity (Wildman–Crippen MR) is 115 cm³/mol. The van der Waals surface area contributed by atoms with Crippen molar-refractivity contribution < 1.29 is 19.2 Å².